The van der Waals surface area contributed by atoms with Crippen LogP contribution in [0.4, 0.5) is 4.39 Å². The normalized spacial score (nSPS) is 20.0. The van der Waals surface area contributed by atoms with Crippen LogP contribution in [0.1, 0.15) is 88.7 Å². The van der Waals surface area contributed by atoms with E-state index in [0.717, 1.165) is 24.5 Å². The van der Waals surface area contributed by atoms with E-state index in [1.807, 2.05) is 18.3 Å². The maximum atomic E-state index is 14.8. The molecule has 0 atom stereocenters. The van der Waals surface area contributed by atoms with E-state index in [1.165, 1.54) is 62.5 Å². The molecule has 2 heteroatoms. The molecule has 0 saturated heterocycles. The van der Waals surface area contributed by atoms with Gasteiger partial charge in [-0.3, -0.25) is 4.98 Å². The average molecular weight is 368 g/mol. The second-order valence-corrected chi connectivity index (χ2v) is 8.25. The van der Waals surface area contributed by atoms with Crippen LogP contribution in [0.25, 0.3) is 11.3 Å². The molecule has 1 heterocycles. The minimum Gasteiger partial charge on any atom is -0.256 e. The van der Waals surface area contributed by atoms with Gasteiger partial charge in [0.1, 0.15) is 5.82 Å². The van der Waals surface area contributed by atoms with Crippen molar-refractivity contribution in [3.8, 4) is 11.3 Å². The van der Waals surface area contributed by atoms with Gasteiger partial charge in [0.2, 0.25) is 0 Å². The summed E-state index contributed by atoms with van der Waals surface area (Å²) in [6.07, 6.45) is 14.5. The Morgan fingerprint density at radius 1 is 0.963 bits per heavy atom. The molecule has 1 aromatic carbocycles. The van der Waals surface area contributed by atoms with Gasteiger partial charge in [-0.15, -0.1) is 0 Å². The van der Waals surface area contributed by atoms with Crippen molar-refractivity contribution in [2.24, 2.45) is 5.92 Å². The second-order valence-electron chi connectivity index (χ2n) is 8.25. The van der Waals surface area contributed by atoms with Crippen LogP contribution in [-0.4, -0.2) is 4.98 Å². The predicted octanol–water partition coefficient (Wildman–Crippen LogP) is 7.69. The zero-order valence-corrected chi connectivity index (χ0v) is 17.0. The van der Waals surface area contributed by atoms with Gasteiger partial charge in [0.25, 0.3) is 0 Å². The highest BCUT2D eigenvalue weighted by atomic mass is 19.1. The Bertz CT molecular complexity index is 699. The molecule has 3 rings (SSSR count). The van der Waals surface area contributed by atoms with E-state index >= 15 is 0 Å². The van der Waals surface area contributed by atoms with Gasteiger partial charge in [0.15, 0.2) is 0 Å². The van der Waals surface area contributed by atoms with Gasteiger partial charge in [0.05, 0.1) is 5.69 Å². The molecule has 0 aliphatic heterocycles. The lowest BCUT2D eigenvalue weighted by molar-refractivity contribution is 0.302. The largest absolute Gasteiger partial charge is 0.256 e. The summed E-state index contributed by atoms with van der Waals surface area (Å²) in [5.74, 6) is 1.28. The van der Waals surface area contributed by atoms with Crippen LogP contribution >= 0.6 is 0 Å². The maximum absolute atomic E-state index is 14.8. The Kier molecular flexibility index (Phi) is 7.43. The third-order valence-corrected chi connectivity index (χ3v) is 6.17. The van der Waals surface area contributed by atoms with E-state index in [4.69, 9.17) is 0 Å². The molecule has 0 bridgehead atoms. The number of benzene rings is 1. The highest BCUT2D eigenvalue weighted by Crippen LogP contribution is 2.38. The molecule has 1 aliphatic rings. The quantitative estimate of drug-likeness (QED) is 0.436. The van der Waals surface area contributed by atoms with Crippen molar-refractivity contribution in [3.63, 3.8) is 0 Å². The van der Waals surface area contributed by atoms with Crippen LogP contribution in [0.15, 0.2) is 36.5 Å². The third kappa shape index (κ3) is 5.40. The zero-order chi connectivity index (χ0) is 19.1. The number of nitrogens with zero attached hydrogens (tertiary/aromatic N) is 1. The van der Waals surface area contributed by atoms with E-state index in [2.05, 4.69) is 31.0 Å². The first-order valence-corrected chi connectivity index (χ1v) is 11.0. The number of halogens is 1. The lowest BCUT2D eigenvalue weighted by atomic mass is 9.77. The SMILES string of the molecule is CCCCCC1CCC(c2ccc(-c3ccc(CCC)cn3)c(F)c2)CC1. The average Bonchev–Trinajstić information content (AvgIpc) is 2.70. The Balaban J connectivity index is 1.61. The monoisotopic (exact) mass is 367 g/mol. The first kappa shape index (κ1) is 20.0. The molecule has 0 N–H and O–H groups in total. The Hall–Kier alpha value is -1.70. The minimum absolute atomic E-state index is 0.131. The summed E-state index contributed by atoms with van der Waals surface area (Å²) in [6.45, 7) is 4.43. The second kappa shape index (κ2) is 10.0. The van der Waals surface area contributed by atoms with Gasteiger partial charge < -0.3 is 0 Å². The van der Waals surface area contributed by atoms with Crippen molar-refractivity contribution in [2.75, 3.05) is 0 Å². The Morgan fingerprint density at radius 2 is 1.78 bits per heavy atom. The fourth-order valence-corrected chi connectivity index (χ4v) is 4.48. The molecule has 0 radical (unpaired) electrons. The summed E-state index contributed by atoms with van der Waals surface area (Å²) in [7, 11) is 0. The molecule has 1 aliphatic carbocycles. The first-order valence-electron chi connectivity index (χ1n) is 11.0. The first-order chi connectivity index (χ1) is 13.2. The van der Waals surface area contributed by atoms with Crippen LogP contribution in [0, 0.1) is 11.7 Å². The van der Waals surface area contributed by atoms with E-state index < -0.39 is 0 Å². The maximum Gasteiger partial charge on any atom is 0.132 e. The fourth-order valence-electron chi connectivity index (χ4n) is 4.48. The van der Waals surface area contributed by atoms with E-state index in [1.54, 1.807) is 6.07 Å². The molecule has 1 nitrogen and oxygen atoms in total. The number of hydrogen-bond donors (Lipinski definition) is 0. The molecular formula is C25H34FN. The number of unbranched alkanes of at least 4 members (excludes halogenated alkanes) is 2. The van der Waals surface area contributed by atoms with Crippen molar-refractivity contribution in [3.05, 3.63) is 53.5 Å². The number of rotatable bonds is 8. The van der Waals surface area contributed by atoms with Crippen molar-refractivity contribution in [1.82, 2.24) is 4.98 Å². The molecule has 1 fully saturated rings. The molecule has 1 aromatic heterocycles. The molecule has 1 saturated carbocycles. The van der Waals surface area contributed by atoms with Crippen molar-refractivity contribution < 1.29 is 4.39 Å². The van der Waals surface area contributed by atoms with Crippen LogP contribution in [0.2, 0.25) is 0 Å². The summed E-state index contributed by atoms with van der Waals surface area (Å²) < 4.78 is 14.8. The number of aryl methyl sites for hydroxylation is 1. The van der Waals surface area contributed by atoms with Gasteiger partial charge in [-0.25, -0.2) is 4.39 Å². The molecule has 0 spiro atoms. The lowest BCUT2D eigenvalue weighted by Crippen LogP contribution is -2.13. The number of hydrogen-bond acceptors (Lipinski definition) is 1. The van der Waals surface area contributed by atoms with Gasteiger partial charge in [0, 0.05) is 11.8 Å². The van der Waals surface area contributed by atoms with Crippen LogP contribution < -0.4 is 0 Å². The molecule has 2 aromatic rings. The van der Waals surface area contributed by atoms with Gasteiger partial charge in [-0.1, -0.05) is 58.1 Å². The number of aromatic nitrogens is 1. The molecular weight excluding hydrogens is 333 g/mol. The summed E-state index contributed by atoms with van der Waals surface area (Å²) in [5.41, 5.74) is 3.74. The number of pyridine rings is 1. The molecule has 146 valence electrons. The van der Waals surface area contributed by atoms with Crippen LogP contribution in [-0.2, 0) is 6.42 Å². The fraction of sp³-hybridized carbons (Fsp3) is 0.560. The topological polar surface area (TPSA) is 12.9 Å². The van der Waals surface area contributed by atoms with Crippen molar-refractivity contribution >= 4 is 0 Å². The van der Waals surface area contributed by atoms with Crippen molar-refractivity contribution in [2.45, 2.75) is 84.0 Å². The van der Waals surface area contributed by atoms with Gasteiger partial charge >= 0.3 is 0 Å². The highest BCUT2D eigenvalue weighted by Gasteiger charge is 2.23. The summed E-state index contributed by atoms with van der Waals surface area (Å²) in [5, 5.41) is 0. The minimum atomic E-state index is -0.131. The lowest BCUT2D eigenvalue weighted by Gasteiger charge is -2.29. The van der Waals surface area contributed by atoms with E-state index in [9.17, 15) is 4.39 Å². The summed E-state index contributed by atoms with van der Waals surface area (Å²) >= 11 is 0. The third-order valence-electron chi connectivity index (χ3n) is 6.17. The summed E-state index contributed by atoms with van der Waals surface area (Å²) in [6, 6.07) is 9.84. The predicted molar refractivity (Wildman–Crippen MR) is 112 cm³/mol. The smallest absolute Gasteiger partial charge is 0.132 e. The van der Waals surface area contributed by atoms with Crippen LogP contribution in [0.3, 0.4) is 0 Å². The van der Waals surface area contributed by atoms with Crippen molar-refractivity contribution in [1.29, 1.82) is 0 Å². The molecule has 0 unspecified atom stereocenters. The molecule has 27 heavy (non-hydrogen) atoms. The van der Waals surface area contributed by atoms with Crippen LogP contribution in [0.5, 0.6) is 0 Å². The summed E-state index contributed by atoms with van der Waals surface area (Å²) in [4.78, 5) is 4.48. The standard InChI is InChI=1S/C25H34FN/c1-3-5-6-8-19-9-12-21(13-10-19)22-14-15-23(24(26)17-22)25-16-11-20(7-4-2)18-27-25/h11,14-19,21H,3-10,12-13H2,1-2H3. The van der Waals surface area contributed by atoms with E-state index in [-0.39, 0.29) is 5.82 Å². The Labute approximate surface area is 164 Å². The Morgan fingerprint density at radius 3 is 2.41 bits per heavy atom. The zero-order valence-electron chi connectivity index (χ0n) is 17.0. The van der Waals surface area contributed by atoms with Gasteiger partial charge in [-0.05, 0) is 73.3 Å². The highest BCUT2D eigenvalue weighted by molar-refractivity contribution is 5.60. The molecule has 0 amide bonds. The van der Waals surface area contributed by atoms with Gasteiger partial charge in [-0.2, -0.15) is 0 Å². The van der Waals surface area contributed by atoms with E-state index in [0.29, 0.717) is 11.5 Å².